The summed E-state index contributed by atoms with van der Waals surface area (Å²) in [5.74, 6) is -1.73. The number of nitrogens with one attached hydrogen (secondary N) is 1. The van der Waals surface area contributed by atoms with Gasteiger partial charge in [-0.2, -0.15) is 13.2 Å². The molecular weight excluding hydrogens is 488 g/mol. The highest BCUT2D eigenvalue weighted by atomic mass is 79.9. The number of halogens is 7. The van der Waals surface area contributed by atoms with Crippen molar-refractivity contribution in [1.82, 2.24) is 9.97 Å². The second kappa shape index (κ2) is 10.4. The molecule has 0 bridgehead atoms. The highest BCUT2D eigenvalue weighted by Gasteiger charge is 2.27. The Kier molecular flexibility index (Phi) is 8.44. The molecule has 160 valence electrons. The third kappa shape index (κ3) is 7.25. The van der Waals surface area contributed by atoms with Gasteiger partial charge < -0.3 is 10.1 Å². The second-order valence-corrected chi connectivity index (χ2v) is 7.61. The van der Waals surface area contributed by atoms with Crippen LogP contribution in [0.2, 0.25) is 0 Å². The van der Waals surface area contributed by atoms with Crippen molar-refractivity contribution in [3.63, 3.8) is 0 Å². The Morgan fingerprint density at radius 3 is 2.62 bits per heavy atom. The quantitative estimate of drug-likeness (QED) is 0.252. The fraction of sp³-hybridized carbons (Fsp3) is 0.412. The van der Waals surface area contributed by atoms with Gasteiger partial charge in [-0.15, -0.1) is 11.8 Å². The maximum Gasteiger partial charge on any atom is 0.398 e. The van der Waals surface area contributed by atoms with E-state index in [1.165, 1.54) is 13.0 Å². The lowest BCUT2D eigenvalue weighted by Crippen LogP contribution is -2.11. The van der Waals surface area contributed by atoms with Crippen LogP contribution < -0.4 is 10.1 Å². The Balaban J connectivity index is 1.88. The molecule has 0 spiro atoms. The number of nitrogens with zero attached hydrogens (tertiary/aromatic N) is 2. The Morgan fingerprint density at radius 1 is 1.24 bits per heavy atom. The summed E-state index contributed by atoms with van der Waals surface area (Å²) in [4.78, 5) is 7.62. The van der Waals surface area contributed by atoms with Crippen LogP contribution in [0.15, 0.2) is 27.8 Å². The van der Waals surface area contributed by atoms with Crippen LogP contribution in [-0.2, 0) is 0 Å². The molecule has 0 unspecified atom stereocenters. The van der Waals surface area contributed by atoms with Gasteiger partial charge in [-0.1, -0.05) is 0 Å². The van der Waals surface area contributed by atoms with Gasteiger partial charge in [0.15, 0.2) is 11.6 Å². The molecule has 0 saturated heterocycles. The Hall–Kier alpha value is -1.69. The van der Waals surface area contributed by atoms with Crippen LogP contribution >= 0.6 is 27.7 Å². The average molecular weight is 504 g/mol. The standard InChI is InChI=1S/C17H16BrF6N3OS/c1-9-5-10(19)11(6-12(9)29-7-17(22,23)24)28-4-2-3-25-16-13(18)14(15(20)21)26-8-27-16/h5-6,8,15H,2-4,7H2,1H3,(H,25,26,27). The molecule has 1 aromatic carbocycles. The first-order chi connectivity index (χ1) is 13.6. The Bertz CT molecular complexity index is 838. The van der Waals surface area contributed by atoms with Crippen molar-refractivity contribution < 1.29 is 31.1 Å². The fourth-order valence-electron chi connectivity index (χ4n) is 2.18. The molecule has 2 rings (SSSR count). The average Bonchev–Trinajstić information content (AvgIpc) is 2.62. The van der Waals surface area contributed by atoms with Gasteiger partial charge in [0.05, 0.1) is 16.8 Å². The number of aryl methyl sites for hydroxylation is 1. The smallest absolute Gasteiger partial charge is 0.398 e. The van der Waals surface area contributed by atoms with Crippen LogP contribution in [0.5, 0.6) is 5.75 Å². The lowest BCUT2D eigenvalue weighted by molar-refractivity contribution is -0.105. The third-order valence-electron chi connectivity index (χ3n) is 3.52. The molecule has 0 aliphatic carbocycles. The van der Waals surface area contributed by atoms with Crippen molar-refractivity contribution in [1.29, 1.82) is 0 Å². The minimum absolute atomic E-state index is 0.0480. The summed E-state index contributed by atoms with van der Waals surface area (Å²) in [5, 5.41) is 2.83. The van der Waals surface area contributed by atoms with E-state index in [0.29, 0.717) is 23.7 Å². The minimum atomic E-state index is -4.34. The van der Waals surface area contributed by atoms with Crippen molar-refractivity contribution >= 4 is 33.5 Å². The van der Waals surface area contributed by atoms with Crippen molar-refractivity contribution in [2.75, 3.05) is 24.2 Å². The maximum absolute atomic E-state index is 14.0. The molecule has 0 amide bonds. The number of ether oxygens (including phenoxy) is 1. The number of benzene rings is 1. The topological polar surface area (TPSA) is 47.0 Å². The van der Waals surface area contributed by atoms with E-state index in [0.717, 1.165) is 12.4 Å². The summed E-state index contributed by atoms with van der Waals surface area (Å²) in [6, 6.07) is 2.36. The van der Waals surface area contributed by atoms with E-state index >= 15 is 0 Å². The first kappa shape index (κ1) is 23.6. The molecule has 0 atom stereocenters. The monoisotopic (exact) mass is 503 g/mol. The maximum atomic E-state index is 14.0. The highest BCUT2D eigenvalue weighted by molar-refractivity contribution is 9.10. The SMILES string of the molecule is Cc1cc(F)c(OCCCNc2ncnc(C(F)F)c2Br)cc1SCC(F)(F)F. The third-order valence-corrected chi connectivity index (χ3v) is 5.52. The van der Waals surface area contributed by atoms with Crippen LogP contribution in [0, 0.1) is 12.7 Å². The van der Waals surface area contributed by atoms with Crippen LogP contribution in [0.3, 0.4) is 0 Å². The number of rotatable bonds is 9. The molecule has 29 heavy (non-hydrogen) atoms. The normalized spacial score (nSPS) is 11.8. The van der Waals surface area contributed by atoms with E-state index < -0.39 is 29.9 Å². The number of hydrogen-bond donors (Lipinski definition) is 1. The number of thioether (sulfide) groups is 1. The zero-order chi connectivity index (χ0) is 21.6. The van der Waals surface area contributed by atoms with Crippen molar-refractivity contribution in [3.05, 3.63) is 40.0 Å². The van der Waals surface area contributed by atoms with Crippen molar-refractivity contribution in [3.8, 4) is 5.75 Å². The van der Waals surface area contributed by atoms with E-state index in [-0.39, 0.29) is 34.1 Å². The van der Waals surface area contributed by atoms with Crippen molar-refractivity contribution in [2.45, 2.75) is 30.8 Å². The summed E-state index contributed by atoms with van der Waals surface area (Å²) < 4.78 is 82.1. The largest absolute Gasteiger partial charge is 0.490 e. The molecule has 12 heteroatoms. The molecule has 2 aromatic rings. The lowest BCUT2D eigenvalue weighted by atomic mass is 10.2. The summed E-state index contributed by atoms with van der Waals surface area (Å²) >= 11 is 3.57. The van der Waals surface area contributed by atoms with Gasteiger partial charge in [-0.25, -0.2) is 23.1 Å². The Labute approximate surface area is 175 Å². The molecule has 0 aliphatic rings. The van der Waals surface area contributed by atoms with Gasteiger partial charge in [0.25, 0.3) is 6.43 Å². The zero-order valence-corrected chi connectivity index (χ0v) is 17.4. The fourth-order valence-corrected chi connectivity index (χ4v) is 3.49. The molecule has 1 N–H and O–H groups in total. The molecule has 0 fully saturated rings. The number of hydrogen-bond acceptors (Lipinski definition) is 5. The Morgan fingerprint density at radius 2 is 1.97 bits per heavy atom. The number of anilines is 1. The van der Waals surface area contributed by atoms with E-state index in [4.69, 9.17) is 4.74 Å². The molecule has 0 saturated carbocycles. The van der Waals surface area contributed by atoms with Gasteiger partial charge in [-0.3, -0.25) is 0 Å². The molecular formula is C17H16BrF6N3OS. The van der Waals surface area contributed by atoms with Crippen LogP contribution in [0.4, 0.5) is 32.2 Å². The minimum Gasteiger partial charge on any atom is -0.490 e. The molecule has 4 nitrogen and oxygen atoms in total. The molecule has 1 heterocycles. The van der Waals surface area contributed by atoms with E-state index in [2.05, 4.69) is 31.2 Å². The molecule has 0 radical (unpaired) electrons. The first-order valence-corrected chi connectivity index (χ1v) is 10.0. The van der Waals surface area contributed by atoms with E-state index in [1.54, 1.807) is 0 Å². The van der Waals surface area contributed by atoms with Gasteiger partial charge in [-0.05, 0) is 47.0 Å². The van der Waals surface area contributed by atoms with E-state index in [1.807, 2.05) is 0 Å². The number of aromatic nitrogens is 2. The lowest BCUT2D eigenvalue weighted by Gasteiger charge is -2.13. The van der Waals surface area contributed by atoms with Crippen LogP contribution in [0.25, 0.3) is 0 Å². The van der Waals surface area contributed by atoms with Crippen molar-refractivity contribution in [2.24, 2.45) is 0 Å². The summed E-state index contributed by atoms with van der Waals surface area (Å²) in [6.45, 7) is 1.85. The second-order valence-electron chi connectivity index (χ2n) is 5.80. The van der Waals surface area contributed by atoms with E-state index in [9.17, 15) is 26.3 Å². The van der Waals surface area contributed by atoms with Gasteiger partial charge in [0, 0.05) is 11.4 Å². The van der Waals surface area contributed by atoms with Gasteiger partial charge in [0.1, 0.15) is 17.8 Å². The summed E-state index contributed by atoms with van der Waals surface area (Å²) in [7, 11) is 0. The van der Waals surface area contributed by atoms with Crippen LogP contribution in [-0.4, -0.2) is 35.0 Å². The summed E-state index contributed by atoms with van der Waals surface area (Å²) in [5.41, 5.74) is -0.0569. The predicted octanol–water partition coefficient (Wildman–Crippen LogP) is 6.16. The van der Waals surface area contributed by atoms with Gasteiger partial charge in [0.2, 0.25) is 0 Å². The summed E-state index contributed by atoms with van der Waals surface area (Å²) in [6.07, 6.45) is -5.73. The molecule has 1 aromatic heterocycles. The first-order valence-electron chi connectivity index (χ1n) is 8.23. The molecule has 0 aliphatic heterocycles. The zero-order valence-electron chi connectivity index (χ0n) is 15.0. The van der Waals surface area contributed by atoms with Crippen LogP contribution in [0.1, 0.15) is 24.1 Å². The predicted molar refractivity (Wildman–Crippen MR) is 101 cm³/mol. The number of alkyl halides is 5. The van der Waals surface area contributed by atoms with Gasteiger partial charge >= 0.3 is 6.18 Å². The highest BCUT2D eigenvalue weighted by Crippen LogP contribution is 2.33.